The van der Waals surface area contributed by atoms with Gasteiger partial charge in [-0.1, -0.05) is 0 Å². The Balaban J connectivity index is 1.85. The van der Waals surface area contributed by atoms with Crippen LogP contribution in [-0.2, 0) is 9.53 Å². The number of aliphatic hydroxyl groups excluding tert-OH is 1. The van der Waals surface area contributed by atoms with Gasteiger partial charge in [0.15, 0.2) is 0 Å². The Morgan fingerprint density at radius 2 is 2.27 bits per heavy atom. The van der Waals surface area contributed by atoms with E-state index in [1.54, 1.807) is 0 Å². The molecule has 1 N–H and O–H groups in total. The van der Waals surface area contributed by atoms with Crippen LogP contribution in [0.15, 0.2) is 0 Å². The molecule has 1 saturated carbocycles. The van der Waals surface area contributed by atoms with Gasteiger partial charge in [0.25, 0.3) is 0 Å². The maximum Gasteiger partial charge on any atom is 0.248 e. The van der Waals surface area contributed by atoms with Gasteiger partial charge in [0.1, 0.15) is 6.61 Å². The van der Waals surface area contributed by atoms with Crippen LogP contribution in [0.5, 0.6) is 0 Å². The van der Waals surface area contributed by atoms with Crippen LogP contribution in [0.25, 0.3) is 0 Å². The van der Waals surface area contributed by atoms with Crippen LogP contribution in [0.3, 0.4) is 0 Å². The smallest absolute Gasteiger partial charge is 0.248 e. The SMILES string of the molecule is CCOCC(=O)N1CC2CCC(O)C2C1. The molecule has 1 aliphatic carbocycles. The zero-order valence-corrected chi connectivity index (χ0v) is 9.19. The van der Waals surface area contributed by atoms with Crippen molar-refractivity contribution in [2.75, 3.05) is 26.3 Å². The van der Waals surface area contributed by atoms with E-state index in [1.165, 1.54) is 0 Å². The molecule has 0 aromatic rings. The summed E-state index contributed by atoms with van der Waals surface area (Å²) in [6.07, 6.45) is 1.77. The number of fused-ring (bicyclic) bond motifs is 1. The standard InChI is InChI=1S/C11H19NO3/c1-2-15-7-11(14)12-5-8-3-4-10(13)9(8)6-12/h8-10,13H,2-7H2,1H3. The van der Waals surface area contributed by atoms with Gasteiger partial charge in [0.05, 0.1) is 6.10 Å². The van der Waals surface area contributed by atoms with Gasteiger partial charge in [-0.15, -0.1) is 0 Å². The number of rotatable bonds is 3. The Kier molecular flexibility index (Phi) is 3.26. The third-order valence-electron chi connectivity index (χ3n) is 3.60. The van der Waals surface area contributed by atoms with Crippen LogP contribution in [0.2, 0.25) is 0 Å². The lowest BCUT2D eigenvalue weighted by molar-refractivity contribution is -0.135. The minimum absolute atomic E-state index is 0.0680. The largest absolute Gasteiger partial charge is 0.393 e. The second-order valence-corrected chi connectivity index (χ2v) is 4.50. The molecular formula is C11H19NO3. The fourth-order valence-corrected chi connectivity index (χ4v) is 2.72. The lowest BCUT2D eigenvalue weighted by Gasteiger charge is -2.18. The van der Waals surface area contributed by atoms with Crippen LogP contribution < -0.4 is 0 Å². The number of hydrogen-bond acceptors (Lipinski definition) is 3. The number of amides is 1. The van der Waals surface area contributed by atoms with Gasteiger partial charge in [0, 0.05) is 25.6 Å². The molecule has 1 saturated heterocycles. The number of likely N-dealkylation sites (tertiary alicyclic amines) is 1. The van der Waals surface area contributed by atoms with Crippen LogP contribution in [0.1, 0.15) is 19.8 Å². The zero-order valence-electron chi connectivity index (χ0n) is 9.19. The Morgan fingerprint density at radius 1 is 1.47 bits per heavy atom. The molecular weight excluding hydrogens is 194 g/mol. The van der Waals surface area contributed by atoms with Gasteiger partial charge in [-0.25, -0.2) is 0 Å². The molecule has 0 bridgehead atoms. The first-order valence-electron chi connectivity index (χ1n) is 5.76. The van der Waals surface area contributed by atoms with E-state index < -0.39 is 0 Å². The van der Waals surface area contributed by atoms with E-state index in [9.17, 15) is 9.90 Å². The van der Waals surface area contributed by atoms with Gasteiger partial charge >= 0.3 is 0 Å². The molecule has 4 nitrogen and oxygen atoms in total. The molecule has 2 rings (SSSR count). The van der Waals surface area contributed by atoms with E-state index in [0.717, 1.165) is 25.9 Å². The third kappa shape index (κ3) is 2.16. The average Bonchev–Trinajstić information content (AvgIpc) is 2.78. The van der Waals surface area contributed by atoms with Crippen LogP contribution in [-0.4, -0.2) is 48.3 Å². The van der Waals surface area contributed by atoms with E-state index in [-0.39, 0.29) is 18.6 Å². The molecule has 15 heavy (non-hydrogen) atoms. The van der Waals surface area contributed by atoms with Crippen molar-refractivity contribution in [1.82, 2.24) is 4.90 Å². The Bertz CT molecular complexity index is 244. The highest BCUT2D eigenvalue weighted by atomic mass is 16.5. The minimum atomic E-state index is -0.195. The molecule has 1 aliphatic heterocycles. The molecule has 0 aromatic carbocycles. The summed E-state index contributed by atoms with van der Waals surface area (Å²) in [6.45, 7) is 4.18. The van der Waals surface area contributed by atoms with Crippen molar-refractivity contribution in [1.29, 1.82) is 0 Å². The molecule has 3 unspecified atom stereocenters. The summed E-state index contributed by atoms with van der Waals surface area (Å²) in [5.41, 5.74) is 0. The van der Waals surface area contributed by atoms with Crippen molar-refractivity contribution >= 4 is 5.91 Å². The van der Waals surface area contributed by atoms with E-state index in [0.29, 0.717) is 18.4 Å². The van der Waals surface area contributed by atoms with Gasteiger partial charge < -0.3 is 14.7 Å². The van der Waals surface area contributed by atoms with Gasteiger partial charge in [-0.2, -0.15) is 0 Å². The van der Waals surface area contributed by atoms with E-state index in [2.05, 4.69) is 0 Å². The lowest BCUT2D eigenvalue weighted by Crippen LogP contribution is -2.33. The highest BCUT2D eigenvalue weighted by Gasteiger charge is 2.43. The maximum atomic E-state index is 11.7. The van der Waals surface area contributed by atoms with Crippen molar-refractivity contribution in [3.05, 3.63) is 0 Å². The van der Waals surface area contributed by atoms with Crippen LogP contribution in [0.4, 0.5) is 0 Å². The molecule has 2 aliphatic rings. The van der Waals surface area contributed by atoms with E-state index in [4.69, 9.17) is 4.74 Å². The second-order valence-electron chi connectivity index (χ2n) is 4.50. The lowest BCUT2D eigenvalue weighted by atomic mass is 10.00. The summed E-state index contributed by atoms with van der Waals surface area (Å²) < 4.78 is 5.10. The summed E-state index contributed by atoms with van der Waals surface area (Å²) in [6, 6.07) is 0. The van der Waals surface area contributed by atoms with Crippen molar-refractivity contribution in [3.63, 3.8) is 0 Å². The number of hydrogen-bond donors (Lipinski definition) is 1. The normalized spacial score (nSPS) is 34.5. The molecule has 3 atom stereocenters. The highest BCUT2D eigenvalue weighted by molar-refractivity contribution is 5.77. The number of carbonyl (C=O) groups excluding carboxylic acids is 1. The van der Waals surface area contributed by atoms with Crippen molar-refractivity contribution in [2.45, 2.75) is 25.9 Å². The molecule has 86 valence electrons. The molecule has 0 spiro atoms. The number of aliphatic hydroxyl groups is 1. The Morgan fingerprint density at radius 3 is 2.93 bits per heavy atom. The van der Waals surface area contributed by atoms with Crippen molar-refractivity contribution in [3.8, 4) is 0 Å². The fourth-order valence-electron chi connectivity index (χ4n) is 2.72. The summed E-state index contributed by atoms with van der Waals surface area (Å²) in [5, 5.41) is 9.71. The quantitative estimate of drug-likeness (QED) is 0.731. The minimum Gasteiger partial charge on any atom is -0.393 e. The molecule has 1 amide bonds. The van der Waals surface area contributed by atoms with E-state index in [1.807, 2.05) is 11.8 Å². The van der Waals surface area contributed by atoms with Crippen molar-refractivity contribution in [2.24, 2.45) is 11.8 Å². The summed E-state index contributed by atoms with van der Waals surface area (Å²) in [5.74, 6) is 0.902. The Hall–Kier alpha value is -0.610. The van der Waals surface area contributed by atoms with Gasteiger partial charge in [0.2, 0.25) is 5.91 Å². The molecule has 0 aromatic heterocycles. The van der Waals surface area contributed by atoms with Crippen LogP contribution in [0, 0.1) is 11.8 Å². The summed E-state index contributed by atoms with van der Waals surface area (Å²) in [7, 11) is 0. The fraction of sp³-hybridized carbons (Fsp3) is 0.909. The van der Waals surface area contributed by atoms with Gasteiger partial charge in [-0.3, -0.25) is 4.79 Å². The first-order chi connectivity index (χ1) is 7.22. The third-order valence-corrected chi connectivity index (χ3v) is 3.60. The predicted octanol–water partition coefficient (Wildman–Crippen LogP) is 0.252. The first kappa shape index (κ1) is 10.9. The van der Waals surface area contributed by atoms with Gasteiger partial charge in [-0.05, 0) is 25.7 Å². The molecule has 2 fully saturated rings. The Labute approximate surface area is 90.2 Å². The van der Waals surface area contributed by atoms with Crippen molar-refractivity contribution < 1.29 is 14.6 Å². The highest BCUT2D eigenvalue weighted by Crippen LogP contribution is 2.37. The topological polar surface area (TPSA) is 49.8 Å². The number of nitrogens with zero attached hydrogens (tertiary/aromatic N) is 1. The monoisotopic (exact) mass is 213 g/mol. The summed E-state index contributed by atoms with van der Waals surface area (Å²) in [4.78, 5) is 13.5. The average molecular weight is 213 g/mol. The number of ether oxygens (including phenoxy) is 1. The second kappa shape index (κ2) is 4.49. The predicted molar refractivity (Wildman–Crippen MR) is 55.3 cm³/mol. The zero-order chi connectivity index (χ0) is 10.8. The van der Waals surface area contributed by atoms with Crippen LogP contribution >= 0.6 is 0 Å². The molecule has 0 radical (unpaired) electrons. The molecule has 4 heteroatoms. The summed E-state index contributed by atoms with van der Waals surface area (Å²) >= 11 is 0. The van der Waals surface area contributed by atoms with E-state index >= 15 is 0 Å². The maximum absolute atomic E-state index is 11.7. The molecule has 1 heterocycles. The first-order valence-corrected chi connectivity index (χ1v) is 5.76. The number of carbonyl (C=O) groups is 1.